The third-order valence-corrected chi connectivity index (χ3v) is 9.35. The maximum Gasteiger partial charge on any atom is 0.168 e. The number of nitrogens with zero attached hydrogens (tertiary/aromatic N) is 2. The van der Waals surface area contributed by atoms with Crippen molar-refractivity contribution < 1.29 is 0 Å². The second-order valence-corrected chi connectivity index (χ2v) is 10.1. The molecule has 3 nitrogen and oxygen atoms in total. The van der Waals surface area contributed by atoms with Gasteiger partial charge in [-0.2, -0.15) is 0 Å². The molecule has 0 unspecified atom stereocenters. The Balaban J connectivity index is 2.16. The first-order chi connectivity index (χ1) is 13.7. The summed E-state index contributed by atoms with van der Waals surface area (Å²) in [7, 11) is -2.41. The number of para-hydroxylation sites is 2. The Hall–Kier alpha value is -1.99. The zero-order valence-corrected chi connectivity index (χ0v) is 18.5. The van der Waals surface area contributed by atoms with E-state index < -0.39 is 7.36 Å². The van der Waals surface area contributed by atoms with Gasteiger partial charge in [-0.3, -0.25) is 5.16 Å². The summed E-state index contributed by atoms with van der Waals surface area (Å²) < 4.78 is 4.81. The topological polar surface area (TPSA) is 30.3 Å². The summed E-state index contributed by atoms with van der Waals surface area (Å²) in [5, 5.41) is 11.4. The highest BCUT2D eigenvalue weighted by Gasteiger charge is 2.42. The number of allylic oxidation sites excluding steroid dienone is 2. The van der Waals surface area contributed by atoms with E-state index in [1.54, 1.807) is 0 Å². The van der Waals surface area contributed by atoms with Gasteiger partial charge in [-0.25, -0.2) is 0 Å². The highest BCUT2D eigenvalue weighted by atomic mass is 31.2. The number of hydrogen-bond acceptors (Lipinski definition) is 1. The number of benzene rings is 2. The number of nitrogens with one attached hydrogen (secondary N) is 1. The van der Waals surface area contributed by atoms with Crippen molar-refractivity contribution in [3.05, 3.63) is 71.6 Å². The van der Waals surface area contributed by atoms with Gasteiger partial charge in [0.05, 0.1) is 0 Å². The van der Waals surface area contributed by atoms with Crippen LogP contribution in [0.15, 0.2) is 71.6 Å². The fourth-order valence-corrected chi connectivity index (χ4v) is 7.99. The largest absolute Gasteiger partial charge is 0.318 e. The summed E-state index contributed by atoms with van der Waals surface area (Å²) in [5.74, 6) is 0. The predicted molar refractivity (Wildman–Crippen MR) is 124 cm³/mol. The molecule has 0 atom stereocenters. The first-order valence-corrected chi connectivity index (χ1v) is 12.4. The van der Waals surface area contributed by atoms with E-state index in [9.17, 15) is 5.16 Å². The Labute approximate surface area is 171 Å². The van der Waals surface area contributed by atoms with Crippen LogP contribution in [-0.2, 0) is 0 Å². The zero-order chi connectivity index (χ0) is 20.0. The molecule has 28 heavy (non-hydrogen) atoms. The van der Waals surface area contributed by atoms with Crippen LogP contribution >= 0.6 is 7.36 Å². The molecule has 0 radical (unpaired) electrons. The maximum absolute atomic E-state index is 10.0. The molecule has 1 N–H and O–H groups in total. The van der Waals surface area contributed by atoms with Crippen molar-refractivity contribution in [1.29, 1.82) is 5.16 Å². The van der Waals surface area contributed by atoms with Crippen LogP contribution in [0.1, 0.15) is 52.9 Å². The molecule has 0 spiro atoms. The minimum Gasteiger partial charge on any atom is -0.318 e. The molecule has 0 saturated carbocycles. The van der Waals surface area contributed by atoms with Crippen LogP contribution < -0.4 is 9.34 Å². The van der Waals surface area contributed by atoms with Crippen molar-refractivity contribution >= 4 is 18.7 Å². The van der Waals surface area contributed by atoms with Gasteiger partial charge in [-0.15, -0.1) is 0 Å². The van der Waals surface area contributed by atoms with E-state index in [0.29, 0.717) is 0 Å². The third kappa shape index (κ3) is 3.91. The van der Waals surface area contributed by atoms with E-state index >= 15 is 0 Å². The average Bonchev–Trinajstić information content (AvgIpc) is 3.10. The molecule has 150 valence electrons. The molecule has 1 aliphatic heterocycles. The van der Waals surface area contributed by atoms with Gasteiger partial charge < -0.3 is 9.34 Å². The molecule has 1 fully saturated rings. The van der Waals surface area contributed by atoms with Gasteiger partial charge in [-0.05, 0) is 49.9 Å². The van der Waals surface area contributed by atoms with Crippen LogP contribution in [0.4, 0.5) is 11.4 Å². The molecule has 0 bridgehead atoms. The Morgan fingerprint density at radius 1 is 0.821 bits per heavy atom. The van der Waals surface area contributed by atoms with Crippen molar-refractivity contribution in [3.63, 3.8) is 0 Å². The van der Waals surface area contributed by atoms with Crippen LogP contribution in [0.2, 0.25) is 0 Å². The van der Waals surface area contributed by atoms with E-state index in [4.69, 9.17) is 0 Å². The normalized spacial score (nSPS) is 17.0. The van der Waals surface area contributed by atoms with Crippen molar-refractivity contribution in [3.8, 4) is 0 Å². The maximum atomic E-state index is 10.0. The van der Waals surface area contributed by atoms with Crippen molar-refractivity contribution in [1.82, 2.24) is 0 Å². The quantitative estimate of drug-likeness (QED) is 0.461. The molecule has 1 saturated heterocycles. The number of rotatable bonds is 8. The molecule has 1 heterocycles. The zero-order valence-electron chi connectivity index (χ0n) is 17.6. The second kappa shape index (κ2) is 9.47. The first-order valence-electron chi connectivity index (χ1n) is 10.7. The predicted octanol–water partition coefficient (Wildman–Crippen LogP) is 7.89. The third-order valence-electron chi connectivity index (χ3n) is 5.71. The summed E-state index contributed by atoms with van der Waals surface area (Å²) in [4.78, 5) is 0. The van der Waals surface area contributed by atoms with E-state index in [-0.39, 0.29) is 0 Å². The molecule has 0 aromatic heterocycles. The van der Waals surface area contributed by atoms with Crippen LogP contribution in [0.5, 0.6) is 0 Å². The van der Waals surface area contributed by atoms with E-state index in [2.05, 4.69) is 90.8 Å². The lowest BCUT2D eigenvalue weighted by Gasteiger charge is -2.39. The Kier molecular flexibility index (Phi) is 7.02. The molecule has 4 heteroatoms. The van der Waals surface area contributed by atoms with Gasteiger partial charge in [0.25, 0.3) is 0 Å². The number of hydrogen-bond donors (Lipinski definition) is 1. The lowest BCUT2D eigenvalue weighted by Crippen LogP contribution is -2.20. The van der Waals surface area contributed by atoms with Crippen molar-refractivity contribution in [2.75, 3.05) is 22.4 Å². The molecule has 3 rings (SSSR count). The van der Waals surface area contributed by atoms with Gasteiger partial charge in [0.1, 0.15) is 0 Å². The molecular weight excluding hydrogens is 361 g/mol. The standard InChI is InChI=1S/C24H34N3P/c1-4-7-14-21(5-2)24(6-3)28(25)26(22-15-10-8-11-16-22)19-20-27(28)23-17-12-9-13-18-23/h8-13,15-18,25H,4-7,14,19-20H2,1-3H3/b24-21+. The van der Waals surface area contributed by atoms with Gasteiger partial charge in [0.2, 0.25) is 0 Å². The first kappa shape index (κ1) is 20.7. The summed E-state index contributed by atoms with van der Waals surface area (Å²) in [6.07, 6.45) is 5.55. The number of anilines is 2. The van der Waals surface area contributed by atoms with Crippen LogP contribution in [-0.4, -0.2) is 13.1 Å². The summed E-state index contributed by atoms with van der Waals surface area (Å²) in [6.45, 7) is 8.59. The second-order valence-electron chi connectivity index (χ2n) is 7.38. The van der Waals surface area contributed by atoms with Gasteiger partial charge in [0, 0.05) is 29.8 Å². The molecule has 2 aromatic carbocycles. The minimum atomic E-state index is -2.41. The smallest absolute Gasteiger partial charge is 0.168 e. The highest BCUT2D eigenvalue weighted by molar-refractivity contribution is 7.72. The van der Waals surface area contributed by atoms with Gasteiger partial charge in [0.15, 0.2) is 7.36 Å². The summed E-state index contributed by atoms with van der Waals surface area (Å²) >= 11 is 0. The lowest BCUT2D eigenvalue weighted by molar-refractivity contribution is 0.759. The van der Waals surface area contributed by atoms with Crippen molar-refractivity contribution in [2.24, 2.45) is 0 Å². The Morgan fingerprint density at radius 2 is 1.32 bits per heavy atom. The average molecular weight is 396 g/mol. The summed E-state index contributed by atoms with van der Waals surface area (Å²) in [6, 6.07) is 21.2. The molecule has 1 aliphatic rings. The highest BCUT2D eigenvalue weighted by Crippen LogP contribution is 2.68. The van der Waals surface area contributed by atoms with Crippen LogP contribution in [0.3, 0.4) is 0 Å². The van der Waals surface area contributed by atoms with Crippen LogP contribution in [0, 0.1) is 5.16 Å². The fraction of sp³-hybridized carbons (Fsp3) is 0.417. The van der Waals surface area contributed by atoms with Gasteiger partial charge in [-0.1, -0.05) is 69.2 Å². The molecular formula is C24H34N3P. The van der Waals surface area contributed by atoms with E-state index in [1.807, 2.05) is 0 Å². The number of unbranched alkanes of at least 4 members (excludes halogenated alkanes) is 1. The molecule has 2 aromatic rings. The van der Waals surface area contributed by atoms with Crippen molar-refractivity contribution in [2.45, 2.75) is 52.9 Å². The van der Waals surface area contributed by atoms with E-state index in [0.717, 1.165) is 32.4 Å². The van der Waals surface area contributed by atoms with E-state index in [1.165, 1.54) is 35.1 Å². The fourth-order valence-electron chi connectivity index (χ4n) is 4.30. The van der Waals surface area contributed by atoms with Crippen LogP contribution in [0.25, 0.3) is 0 Å². The monoisotopic (exact) mass is 395 g/mol. The Morgan fingerprint density at radius 3 is 1.71 bits per heavy atom. The lowest BCUT2D eigenvalue weighted by atomic mass is 10.1. The molecule has 0 amide bonds. The SMILES string of the molecule is CCCC/C(CC)=C(\CC)P1(=N)N(c2ccccc2)CCN1c1ccccc1. The Bertz CT molecular complexity index is 778. The minimum absolute atomic E-state index is 0.907. The van der Waals surface area contributed by atoms with Gasteiger partial charge >= 0.3 is 0 Å². The summed E-state index contributed by atoms with van der Waals surface area (Å²) in [5.41, 5.74) is 3.87. The molecule has 0 aliphatic carbocycles.